The molecular formula is C15H32O2. The highest BCUT2D eigenvalue weighted by atomic mass is 17.1. The molecule has 0 aromatic rings. The lowest BCUT2D eigenvalue weighted by Crippen LogP contribution is -2.04. The lowest BCUT2D eigenvalue weighted by atomic mass is 10.0. The standard InChI is InChI=1S/C15H32O2/c1-3-4-5-6-7-8-9-10-11-12-13-14-15(2)17-16/h15-16H,3-14H2,1-2H3. The molecule has 1 unspecified atom stereocenters. The number of rotatable bonds is 13. The van der Waals surface area contributed by atoms with Crippen LogP contribution in [0.4, 0.5) is 0 Å². The van der Waals surface area contributed by atoms with E-state index in [9.17, 15) is 0 Å². The Hall–Kier alpha value is -0.0800. The van der Waals surface area contributed by atoms with E-state index >= 15 is 0 Å². The van der Waals surface area contributed by atoms with E-state index in [0.717, 1.165) is 6.42 Å². The van der Waals surface area contributed by atoms with Crippen LogP contribution in [-0.4, -0.2) is 11.4 Å². The molecule has 0 aliphatic rings. The van der Waals surface area contributed by atoms with Crippen LogP contribution in [-0.2, 0) is 4.89 Å². The second-order valence-electron chi connectivity index (χ2n) is 5.24. The first-order valence-corrected chi connectivity index (χ1v) is 7.61. The molecule has 0 rings (SSSR count). The number of unbranched alkanes of at least 4 members (excludes halogenated alkanes) is 10. The zero-order valence-corrected chi connectivity index (χ0v) is 11.9. The van der Waals surface area contributed by atoms with Gasteiger partial charge in [-0.25, -0.2) is 4.89 Å². The van der Waals surface area contributed by atoms with Gasteiger partial charge in [0.2, 0.25) is 0 Å². The van der Waals surface area contributed by atoms with E-state index in [1.54, 1.807) is 0 Å². The molecule has 0 heterocycles. The largest absolute Gasteiger partial charge is 0.252 e. The maximum absolute atomic E-state index is 8.40. The molecule has 1 atom stereocenters. The van der Waals surface area contributed by atoms with Crippen LogP contribution in [0.2, 0.25) is 0 Å². The van der Waals surface area contributed by atoms with E-state index in [2.05, 4.69) is 11.8 Å². The Morgan fingerprint density at radius 2 is 1.18 bits per heavy atom. The molecule has 0 bridgehead atoms. The first-order valence-electron chi connectivity index (χ1n) is 7.61. The maximum atomic E-state index is 8.40. The summed E-state index contributed by atoms with van der Waals surface area (Å²) in [6.07, 6.45) is 16.0. The van der Waals surface area contributed by atoms with Crippen molar-refractivity contribution in [3.63, 3.8) is 0 Å². The fraction of sp³-hybridized carbons (Fsp3) is 1.00. The Labute approximate surface area is 108 Å². The van der Waals surface area contributed by atoms with Crippen molar-refractivity contribution in [2.45, 2.75) is 97.0 Å². The van der Waals surface area contributed by atoms with Gasteiger partial charge >= 0.3 is 0 Å². The molecule has 0 aromatic carbocycles. The quantitative estimate of drug-likeness (QED) is 0.261. The smallest absolute Gasteiger partial charge is 0.0899 e. The van der Waals surface area contributed by atoms with Gasteiger partial charge in [-0.3, -0.25) is 5.26 Å². The van der Waals surface area contributed by atoms with E-state index in [1.807, 2.05) is 6.92 Å². The zero-order chi connectivity index (χ0) is 12.8. The molecule has 17 heavy (non-hydrogen) atoms. The normalized spacial score (nSPS) is 12.9. The fourth-order valence-electron chi connectivity index (χ4n) is 2.15. The third-order valence-electron chi connectivity index (χ3n) is 3.39. The van der Waals surface area contributed by atoms with Gasteiger partial charge in [-0.05, 0) is 13.3 Å². The molecule has 0 spiro atoms. The van der Waals surface area contributed by atoms with Gasteiger partial charge in [-0.1, -0.05) is 77.6 Å². The summed E-state index contributed by atoms with van der Waals surface area (Å²) in [5.74, 6) is 0. The highest BCUT2D eigenvalue weighted by Crippen LogP contribution is 2.12. The van der Waals surface area contributed by atoms with Gasteiger partial charge in [0, 0.05) is 0 Å². The fourth-order valence-corrected chi connectivity index (χ4v) is 2.15. The molecule has 104 valence electrons. The summed E-state index contributed by atoms with van der Waals surface area (Å²) in [4.78, 5) is 4.24. The van der Waals surface area contributed by atoms with Gasteiger partial charge in [0.1, 0.15) is 0 Å². The minimum Gasteiger partial charge on any atom is -0.252 e. The molecule has 0 aromatic heterocycles. The van der Waals surface area contributed by atoms with Crippen molar-refractivity contribution in [1.82, 2.24) is 0 Å². The highest BCUT2D eigenvalue weighted by molar-refractivity contribution is 4.51. The van der Waals surface area contributed by atoms with Gasteiger partial charge in [0.05, 0.1) is 6.10 Å². The predicted octanol–water partition coefficient (Wildman–Crippen LogP) is 5.57. The molecule has 0 radical (unpaired) electrons. The Morgan fingerprint density at radius 3 is 1.59 bits per heavy atom. The lowest BCUT2D eigenvalue weighted by molar-refractivity contribution is -0.275. The van der Waals surface area contributed by atoms with E-state index in [-0.39, 0.29) is 6.10 Å². The van der Waals surface area contributed by atoms with Crippen molar-refractivity contribution in [2.24, 2.45) is 0 Å². The second-order valence-corrected chi connectivity index (χ2v) is 5.24. The van der Waals surface area contributed by atoms with Gasteiger partial charge in [0.15, 0.2) is 0 Å². The van der Waals surface area contributed by atoms with Crippen LogP contribution in [0.15, 0.2) is 0 Å². The van der Waals surface area contributed by atoms with Crippen LogP contribution in [0.1, 0.15) is 90.9 Å². The summed E-state index contributed by atoms with van der Waals surface area (Å²) in [6.45, 7) is 4.18. The topological polar surface area (TPSA) is 29.5 Å². The Kier molecular flexibility index (Phi) is 13.9. The van der Waals surface area contributed by atoms with Gasteiger partial charge in [-0.2, -0.15) is 0 Å². The van der Waals surface area contributed by atoms with Crippen molar-refractivity contribution >= 4 is 0 Å². The minimum atomic E-state index is 0.00793. The molecule has 0 aliphatic heterocycles. The molecule has 0 saturated carbocycles. The second kappa shape index (κ2) is 14.0. The molecule has 0 aliphatic carbocycles. The first kappa shape index (κ1) is 16.9. The lowest BCUT2D eigenvalue weighted by Gasteiger charge is -2.06. The third kappa shape index (κ3) is 13.9. The Morgan fingerprint density at radius 1 is 0.765 bits per heavy atom. The van der Waals surface area contributed by atoms with Gasteiger partial charge in [-0.15, -0.1) is 0 Å². The van der Waals surface area contributed by atoms with Gasteiger partial charge in [0.25, 0.3) is 0 Å². The van der Waals surface area contributed by atoms with Crippen molar-refractivity contribution < 1.29 is 10.1 Å². The molecule has 1 N–H and O–H groups in total. The Bertz CT molecular complexity index is 137. The summed E-state index contributed by atoms with van der Waals surface area (Å²) in [5.41, 5.74) is 0. The van der Waals surface area contributed by atoms with Gasteiger partial charge < -0.3 is 0 Å². The molecular weight excluding hydrogens is 212 g/mol. The molecule has 0 amide bonds. The van der Waals surface area contributed by atoms with Crippen LogP contribution < -0.4 is 0 Å². The summed E-state index contributed by atoms with van der Waals surface area (Å²) in [7, 11) is 0. The summed E-state index contributed by atoms with van der Waals surface area (Å²) in [6, 6.07) is 0. The van der Waals surface area contributed by atoms with Crippen molar-refractivity contribution in [1.29, 1.82) is 0 Å². The van der Waals surface area contributed by atoms with Crippen LogP contribution in [0.5, 0.6) is 0 Å². The van der Waals surface area contributed by atoms with Crippen LogP contribution in [0, 0.1) is 0 Å². The predicted molar refractivity (Wildman–Crippen MR) is 74.3 cm³/mol. The van der Waals surface area contributed by atoms with Crippen molar-refractivity contribution in [3.05, 3.63) is 0 Å². The average molecular weight is 244 g/mol. The first-order chi connectivity index (χ1) is 8.31. The van der Waals surface area contributed by atoms with Crippen LogP contribution in [0.3, 0.4) is 0 Å². The number of hydrogen-bond acceptors (Lipinski definition) is 2. The zero-order valence-electron chi connectivity index (χ0n) is 11.9. The third-order valence-corrected chi connectivity index (χ3v) is 3.39. The van der Waals surface area contributed by atoms with E-state index in [4.69, 9.17) is 5.26 Å². The molecule has 2 heteroatoms. The molecule has 0 saturated heterocycles. The Balaban J connectivity index is 2.94. The monoisotopic (exact) mass is 244 g/mol. The van der Waals surface area contributed by atoms with E-state index in [1.165, 1.54) is 70.6 Å². The average Bonchev–Trinajstić information content (AvgIpc) is 2.35. The SMILES string of the molecule is CCCCCCCCCCCCCC(C)OO. The number of hydrogen-bond donors (Lipinski definition) is 1. The van der Waals surface area contributed by atoms with E-state index < -0.39 is 0 Å². The summed E-state index contributed by atoms with van der Waals surface area (Å²) in [5, 5.41) is 8.40. The van der Waals surface area contributed by atoms with E-state index in [0.29, 0.717) is 0 Å². The van der Waals surface area contributed by atoms with Crippen LogP contribution >= 0.6 is 0 Å². The summed E-state index contributed by atoms with van der Waals surface area (Å²) >= 11 is 0. The van der Waals surface area contributed by atoms with Crippen molar-refractivity contribution in [3.8, 4) is 0 Å². The summed E-state index contributed by atoms with van der Waals surface area (Å²) < 4.78 is 0. The van der Waals surface area contributed by atoms with Crippen LogP contribution in [0.25, 0.3) is 0 Å². The minimum absolute atomic E-state index is 0.00793. The maximum Gasteiger partial charge on any atom is 0.0899 e. The highest BCUT2D eigenvalue weighted by Gasteiger charge is 1.99. The van der Waals surface area contributed by atoms with Crippen molar-refractivity contribution in [2.75, 3.05) is 0 Å². The molecule has 2 nitrogen and oxygen atoms in total. The molecule has 0 fully saturated rings.